The van der Waals surface area contributed by atoms with Gasteiger partial charge in [-0.1, -0.05) is 12.8 Å². The lowest BCUT2D eigenvalue weighted by Gasteiger charge is -2.28. The number of amides is 2. The summed E-state index contributed by atoms with van der Waals surface area (Å²) in [5, 5.41) is 32.0. The Labute approximate surface area is 105 Å². The second-order valence-electron chi connectivity index (χ2n) is 4.48. The summed E-state index contributed by atoms with van der Waals surface area (Å²) in [6.07, 6.45) is 2.57. The molecule has 18 heavy (non-hydrogen) atoms. The maximum atomic E-state index is 11.6. The molecule has 1 aliphatic rings. The number of rotatable bonds is 5. The van der Waals surface area contributed by atoms with Crippen LogP contribution >= 0.6 is 0 Å². The van der Waals surface area contributed by atoms with E-state index >= 15 is 0 Å². The third kappa shape index (κ3) is 4.50. The van der Waals surface area contributed by atoms with Crippen molar-refractivity contribution in [2.24, 2.45) is 0 Å². The van der Waals surface area contributed by atoms with Crippen LogP contribution in [0.15, 0.2) is 0 Å². The van der Waals surface area contributed by atoms with E-state index in [9.17, 15) is 14.7 Å². The quantitative estimate of drug-likeness (QED) is 0.453. The summed E-state index contributed by atoms with van der Waals surface area (Å²) in [5.74, 6) is -1.19. The van der Waals surface area contributed by atoms with Crippen LogP contribution in [0.2, 0.25) is 0 Å². The van der Waals surface area contributed by atoms with Crippen molar-refractivity contribution in [3.05, 3.63) is 0 Å². The number of nitrogens with one attached hydrogen (secondary N) is 2. The molecule has 0 radical (unpaired) electrons. The van der Waals surface area contributed by atoms with Crippen molar-refractivity contribution in [3.8, 4) is 0 Å². The average Bonchev–Trinajstić information content (AvgIpc) is 2.31. The van der Waals surface area contributed by atoms with Gasteiger partial charge in [-0.05, 0) is 12.8 Å². The minimum Gasteiger partial charge on any atom is -0.480 e. The molecule has 1 aliphatic carbocycles. The van der Waals surface area contributed by atoms with Crippen molar-refractivity contribution in [2.75, 3.05) is 6.61 Å². The van der Waals surface area contributed by atoms with Gasteiger partial charge >= 0.3 is 12.0 Å². The van der Waals surface area contributed by atoms with Gasteiger partial charge in [0.05, 0.1) is 12.1 Å². The zero-order valence-corrected chi connectivity index (χ0v) is 10.1. The Bertz CT molecular complexity index is 297. The van der Waals surface area contributed by atoms with Crippen molar-refractivity contribution in [1.82, 2.24) is 10.6 Å². The normalized spacial score (nSPS) is 25.2. The van der Waals surface area contributed by atoms with Crippen LogP contribution in [0.3, 0.4) is 0 Å². The largest absolute Gasteiger partial charge is 0.480 e. The number of carbonyl (C=O) groups is 2. The van der Waals surface area contributed by atoms with Gasteiger partial charge in [0.2, 0.25) is 0 Å². The summed E-state index contributed by atoms with van der Waals surface area (Å²) < 4.78 is 0. The fraction of sp³-hybridized carbons (Fsp3) is 0.818. The number of aliphatic carboxylic acids is 1. The van der Waals surface area contributed by atoms with Gasteiger partial charge in [0.15, 0.2) is 0 Å². The van der Waals surface area contributed by atoms with Crippen LogP contribution in [0.1, 0.15) is 32.1 Å². The molecule has 0 aliphatic heterocycles. The molecule has 3 atom stereocenters. The van der Waals surface area contributed by atoms with Crippen LogP contribution in [0, 0.1) is 0 Å². The highest BCUT2D eigenvalue weighted by molar-refractivity contribution is 5.82. The topological polar surface area (TPSA) is 119 Å². The lowest BCUT2D eigenvalue weighted by molar-refractivity contribution is -0.139. The fourth-order valence-corrected chi connectivity index (χ4v) is 2.03. The molecule has 1 saturated carbocycles. The van der Waals surface area contributed by atoms with E-state index in [1.165, 1.54) is 0 Å². The van der Waals surface area contributed by atoms with Gasteiger partial charge in [0, 0.05) is 13.0 Å². The second kappa shape index (κ2) is 7.17. The molecule has 0 aromatic rings. The van der Waals surface area contributed by atoms with Crippen LogP contribution in [0.5, 0.6) is 0 Å². The van der Waals surface area contributed by atoms with Crippen LogP contribution < -0.4 is 10.6 Å². The lowest BCUT2D eigenvalue weighted by atomic mass is 9.93. The minimum absolute atomic E-state index is 0.0457. The molecular weight excluding hydrogens is 240 g/mol. The summed E-state index contributed by atoms with van der Waals surface area (Å²) >= 11 is 0. The molecule has 5 N–H and O–H groups in total. The maximum Gasteiger partial charge on any atom is 0.326 e. The SMILES string of the molecule is O=C(NC1CCCCC1O)N[C@H](CCO)C(=O)O. The summed E-state index contributed by atoms with van der Waals surface area (Å²) in [6.45, 7) is -0.316. The molecule has 0 aromatic carbocycles. The molecule has 1 fully saturated rings. The zero-order chi connectivity index (χ0) is 13.5. The van der Waals surface area contributed by atoms with E-state index in [-0.39, 0.29) is 19.1 Å². The van der Waals surface area contributed by atoms with E-state index in [2.05, 4.69) is 10.6 Å². The number of aliphatic hydroxyl groups excluding tert-OH is 2. The third-order valence-electron chi connectivity index (χ3n) is 3.07. The Kier molecular flexibility index (Phi) is 5.87. The number of carboxylic acid groups (broad SMARTS) is 1. The van der Waals surface area contributed by atoms with E-state index in [0.717, 1.165) is 12.8 Å². The smallest absolute Gasteiger partial charge is 0.326 e. The van der Waals surface area contributed by atoms with Gasteiger partial charge in [0.25, 0.3) is 0 Å². The first kappa shape index (κ1) is 14.7. The Morgan fingerprint density at radius 2 is 1.94 bits per heavy atom. The average molecular weight is 260 g/mol. The van der Waals surface area contributed by atoms with Crippen molar-refractivity contribution < 1.29 is 24.9 Å². The number of carbonyl (C=O) groups excluding carboxylic acids is 1. The van der Waals surface area contributed by atoms with E-state index in [1.54, 1.807) is 0 Å². The molecule has 0 spiro atoms. The Morgan fingerprint density at radius 3 is 2.50 bits per heavy atom. The van der Waals surface area contributed by atoms with Crippen molar-refractivity contribution in [3.63, 3.8) is 0 Å². The van der Waals surface area contributed by atoms with E-state index in [0.29, 0.717) is 12.8 Å². The Morgan fingerprint density at radius 1 is 1.28 bits per heavy atom. The number of urea groups is 1. The predicted molar refractivity (Wildman–Crippen MR) is 63.1 cm³/mol. The third-order valence-corrected chi connectivity index (χ3v) is 3.07. The highest BCUT2D eigenvalue weighted by Crippen LogP contribution is 2.18. The summed E-state index contributed by atoms with van der Waals surface area (Å²) in [5.41, 5.74) is 0. The number of hydrogen-bond donors (Lipinski definition) is 5. The van der Waals surface area contributed by atoms with Crippen LogP contribution in [0.25, 0.3) is 0 Å². The van der Waals surface area contributed by atoms with E-state index < -0.39 is 24.1 Å². The van der Waals surface area contributed by atoms with Gasteiger partial charge < -0.3 is 26.0 Å². The highest BCUT2D eigenvalue weighted by Gasteiger charge is 2.26. The molecule has 1 rings (SSSR count). The first-order chi connectivity index (χ1) is 8.54. The lowest BCUT2D eigenvalue weighted by Crippen LogP contribution is -2.52. The molecule has 7 heteroatoms. The van der Waals surface area contributed by atoms with Gasteiger partial charge in [-0.3, -0.25) is 0 Å². The van der Waals surface area contributed by atoms with E-state index in [1.807, 2.05) is 0 Å². The van der Waals surface area contributed by atoms with Crippen LogP contribution in [0.4, 0.5) is 4.79 Å². The van der Waals surface area contributed by atoms with Crippen molar-refractivity contribution in [2.45, 2.75) is 50.3 Å². The number of aliphatic hydroxyl groups is 2. The first-order valence-corrected chi connectivity index (χ1v) is 6.13. The van der Waals surface area contributed by atoms with Gasteiger partial charge in [-0.25, -0.2) is 9.59 Å². The molecule has 7 nitrogen and oxygen atoms in total. The molecule has 0 aromatic heterocycles. The second-order valence-corrected chi connectivity index (χ2v) is 4.48. The molecular formula is C11H20N2O5. The van der Waals surface area contributed by atoms with Crippen molar-refractivity contribution in [1.29, 1.82) is 0 Å². The van der Waals surface area contributed by atoms with E-state index in [4.69, 9.17) is 10.2 Å². The molecule has 2 unspecified atom stereocenters. The fourth-order valence-electron chi connectivity index (χ4n) is 2.03. The standard InChI is InChI=1S/C11H20N2O5/c14-6-5-8(10(16)17)13-11(18)12-7-3-1-2-4-9(7)15/h7-9,14-15H,1-6H2,(H,16,17)(H2,12,13,18)/t7?,8-,9?/m1/s1. The monoisotopic (exact) mass is 260 g/mol. The Hall–Kier alpha value is -1.34. The summed E-state index contributed by atoms with van der Waals surface area (Å²) in [7, 11) is 0. The molecule has 104 valence electrons. The number of hydrogen-bond acceptors (Lipinski definition) is 4. The zero-order valence-electron chi connectivity index (χ0n) is 10.1. The summed E-state index contributed by atoms with van der Waals surface area (Å²) in [6, 6.07) is -2.07. The minimum atomic E-state index is -1.19. The molecule has 2 amide bonds. The van der Waals surface area contributed by atoms with Gasteiger partial charge in [0.1, 0.15) is 6.04 Å². The van der Waals surface area contributed by atoms with Crippen LogP contribution in [-0.2, 0) is 4.79 Å². The summed E-state index contributed by atoms with van der Waals surface area (Å²) in [4.78, 5) is 22.3. The highest BCUT2D eigenvalue weighted by atomic mass is 16.4. The van der Waals surface area contributed by atoms with Crippen LogP contribution in [-0.4, -0.2) is 52.1 Å². The van der Waals surface area contributed by atoms with Gasteiger partial charge in [-0.15, -0.1) is 0 Å². The maximum absolute atomic E-state index is 11.6. The molecule has 0 bridgehead atoms. The first-order valence-electron chi connectivity index (χ1n) is 6.13. The molecule has 0 heterocycles. The number of carboxylic acids is 1. The predicted octanol–water partition coefficient (Wildman–Crippen LogP) is -0.575. The van der Waals surface area contributed by atoms with Crippen molar-refractivity contribution >= 4 is 12.0 Å². The Balaban J connectivity index is 2.41. The van der Waals surface area contributed by atoms with Gasteiger partial charge in [-0.2, -0.15) is 0 Å². The molecule has 0 saturated heterocycles.